The highest BCUT2D eigenvalue weighted by atomic mass is 35.5. The first kappa shape index (κ1) is 16.2. The van der Waals surface area contributed by atoms with Gasteiger partial charge in [0.25, 0.3) is 0 Å². The van der Waals surface area contributed by atoms with Crippen LogP contribution in [0.3, 0.4) is 0 Å². The maximum atomic E-state index is 12.2. The summed E-state index contributed by atoms with van der Waals surface area (Å²) >= 11 is 12.0. The third-order valence-electron chi connectivity index (χ3n) is 3.11. The van der Waals surface area contributed by atoms with E-state index in [-0.39, 0.29) is 18.1 Å². The van der Waals surface area contributed by atoms with Crippen LogP contribution in [0.15, 0.2) is 51.9 Å². The maximum absolute atomic E-state index is 12.2. The molecule has 0 aliphatic rings. The standard InChI is InChI=1S/C15H10Cl2N4O3/c16-9-4-3-5-10(17)13(9)19-12(22)8-21-14(20-24-15(21)23)11-6-1-2-7-18-11/h1-7H,8H2,(H,19,22). The van der Waals surface area contributed by atoms with Gasteiger partial charge in [-0.25, -0.2) is 9.36 Å². The fourth-order valence-corrected chi connectivity index (χ4v) is 2.52. The Morgan fingerprint density at radius 1 is 1.17 bits per heavy atom. The van der Waals surface area contributed by atoms with E-state index in [0.29, 0.717) is 15.7 Å². The average Bonchev–Trinajstić information content (AvgIpc) is 2.93. The Labute approximate surface area is 145 Å². The lowest BCUT2D eigenvalue weighted by Crippen LogP contribution is -2.25. The molecule has 0 bridgehead atoms. The molecule has 0 aliphatic carbocycles. The number of nitrogens with zero attached hydrogens (tertiary/aromatic N) is 3. The Morgan fingerprint density at radius 2 is 1.92 bits per heavy atom. The molecular weight excluding hydrogens is 355 g/mol. The van der Waals surface area contributed by atoms with Gasteiger partial charge in [0, 0.05) is 6.20 Å². The topological polar surface area (TPSA) is 90.0 Å². The van der Waals surface area contributed by atoms with E-state index in [2.05, 4.69) is 20.0 Å². The molecule has 1 amide bonds. The molecule has 24 heavy (non-hydrogen) atoms. The van der Waals surface area contributed by atoms with Crippen LogP contribution < -0.4 is 11.1 Å². The van der Waals surface area contributed by atoms with Gasteiger partial charge in [0.15, 0.2) is 0 Å². The van der Waals surface area contributed by atoms with Crippen LogP contribution in [0.2, 0.25) is 10.0 Å². The van der Waals surface area contributed by atoms with Crippen molar-refractivity contribution >= 4 is 34.8 Å². The van der Waals surface area contributed by atoms with Crippen molar-refractivity contribution < 1.29 is 9.32 Å². The van der Waals surface area contributed by atoms with Crippen LogP contribution in [0, 0.1) is 0 Å². The number of hydrogen-bond acceptors (Lipinski definition) is 5. The summed E-state index contributed by atoms with van der Waals surface area (Å²) in [5.41, 5.74) is 0.682. The van der Waals surface area contributed by atoms with Crippen LogP contribution in [0.5, 0.6) is 0 Å². The monoisotopic (exact) mass is 364 g/mol. The number of pyridine rings is 1. The maximum Gasteiger partial charge on any atom is 0.442 e. The van der Waals surface area contributed by atoms with E-state index >= 15 is 0 Å². The molecule has 2 aromatic heterocycles. The van der Waals surface area contributed by atoms with E-state index < -0.39 is 11.7 Å². The number of carbonyl (C=O) groups is 1. The third-order valence-corrected chi connectivity index (χ3v) is 3.74. The molecule has 1 N–H and O–H groups in total. The largest absolute Gasteiger partial charge is 0.442 e. The summed E-state index contributed by atoms with van der Waals surface area (Å²) in [6.07, 6.45) is 1.54. The predicted molar refractivity (Wildman–Crippen MR) is 89.1 cm³/mol. The second kappa shape index (κ2) is 6.86. The van der Waals surface area contributed by atoms with Crippen LogP contribution in [0.4, 0.5) is 5.69 Å². The molecule has 7 nitrogen and oxygen atoms in total. The van der Waals surface area contributed by atoms with Gasteiger partial charge in [0.1, 0.15) is 12.2 Å². The summed E-state index contributed by atoms with van der Waals surface area (Å²) in [5, 5.41) is 6.81. The van der Waals surface area contributed by atoms with Gasteiger partial charge >= 0.3 is 5.76 Å². The number of para-hydroxylation sites is 1. The fraction of sp³-hybridized carbons (Fsp3) is 0.0667. The predicted octanol–water partition coefficient (Wildman–Crippen LogP) is 2.84. The molecule has 0 fully saturated rings. The Kier molecular flexibility index (Phi) is 4.64. The number of aromatic nitrogens is 3. The van der Waals surface area contributed by atoms with Gasteiger partial charge in [-0.1, -0.05) is 40.5 Å². The summed E-state index contributed by atoms with van der Waals surface area (Å²) in [5.74, 6) is -1.12. The fourth-order valence-electron chi connectivity index (χ4n) is 2.03. The highest BCUT2D eigenvalue weighted by Crippen LogP contribution is 2.29. The summed E-state index contributed by atoms with van der Waals surface area (Å²) in [6, 6.07) is 9.94. The van der Waals surface area contributed by atoms with Crippen molar-refractivity contribution in [2.24, 2.45) is 0 Å². The van der Waals surface area contributed by atoms with E-state index in [9.17, 15) is 9.59 Å². The third kappa shape index (κ3) is 3.32. The minimum atomic E-state index is -0.768. The van der Waals surface area contributed by atoms with Crippen molar-refractivity contribution in [1.82, 2.24) is 14.7 Å². The molecule has 1 aromatic carbocycles. The van der Waals surface area contributed by atoms with Crippen molar-refractivity contribution in [3.8, 4) is 11.5 Å². The summed E-state index contributed by atoms with van der Waals surface area (Å²) in [7, 11) is 0. The summed E-state index contributed by atoms with van der Waals surface area (Å²) < 4.78 is 5.71. The van der Waals surface area contributed by atoms with Crippen molar-refractivity contribution in [3.63, 3.8) is 0 Å². The molecule has 0 radical (unpaired) electrons. The number of amides is 1. The SMILES string of the molecule is O=C(Cn1c(-c2ccccn2)noc1=O)Nc1c(Cl)cccc1Cl. The first-order valence-corrected chi connectivity index (χ1v) is 7.53. The summed E-state index contributed by atoms with van der Waals surface area (Å²) in [6.45, 7) is -0.324. The normalized spacial score (nSPS) is 10.6. The van der Waals surface area contributed by atoms with Gasteiger partial charge in [0.2, 0.25) is 11.7 Å². The van der Waals surface area contributed by atoms with Crippen molar-refractivity contribution in [1.29, 1.82) is 0 Å². The van der Waals surface area contributed by atoms with Crippen LogP contribution in [0.1, 0.15) is 0 Å². The molecule has 0 unspecified atom stereocenters. The minimum Gasteiger partial charge on any atom is -0.322 e. The zero-order valence-electron chi connectivity index (χ0n) is 12.1. The zero-order valence-corrected chi connectivity index (χ0v) is 13.6. The zero-order chi connectivity index (χ0) is 17.1. The number of carbonyl (C=O) groups excluding carboxylic acids is 1. The van der Waals surface area contributed by atoms with Crippen LogP contribution in [-0.4, -0.2) is 20.6 Å². The van der Waals surface area contributed by atoms with E-state index in [1.807, 2.05) is 0 Å². The minimum absolute atomic E-state index is 0.154. The number of hydrogen-bond donors (Lipinski definition) is 1. The molecule has 3 rings (SSSR count). The number of benzene rings is 1. The molecule has 0 spiro atoms. The number of anilines is 1. The lowest BCUT2D eigenvalue weighted by molar-refractivity contribution is -0.116. The smallest absolute Gasteiger partial charge is 0.322 e. The molecule has 122 valence electrons. The van der Waals surface area contributed by atoms with E-state index in [4.69, 9.17) is 23.2 Å². The highest BCUT2D eigenvalue weighted by Gasteiger charge is 2.18. The van der Waals surface area contributed by atoms with Gasteiger partial charge in [-0.15, -0.1) is 0 Å². The van der Waals surface area contributed by atoms with Gasteiger partial charge in [-0.05, 0) is 24.3 Å². The Hall–Kier alpha value is -2.64. The molecule has 2 heterocycles. The second-order valence-electron chi connectivity index (χ2n) is 4.72. The first-order valence-electron chi connectivity index (χ1n) is 6.78. The van der Waals surface area contributed by atoms with Crippen LogP contribution in [-0.2, 0) is 11.3 Å². The van der Waals surface area contributed by atoms with E-state index in [0.717, 1.165) is 4.57 Å². The Morgan fingerprint density at radius 3 is 2.58 bits per heavy atom. The van der Waals surface area contributed by atoms with Crippen molar-refractivity contribution in [2.75, 3.05) is 5.32 Å². The second-order valence-corrected chi connectivity index (χ2v) is 5.53. The quantitative estimate of drug-likeness (QED) is 0.768. The lowest BCUT2D eigenvalue weighted by Gasteiger charge is -2.09. The van der Waals surface area contributed by atoms with Crippen LogP contribution in [0.25, 0.3) is 11.5 Å². The lowest BCUT2D eigenvalue weighted by atomic mass is 10.3. The molecule has 0 aliphatic heterocycles. The van der Waals surface area contributed by atoms with Gasteiger partial charge in [-0.3, -0.25) is 14.3 Å². The highest BCUT2D eigenvalue weighted by molar-refractivity contribution is 6.39. The van der Waals surface area contributed by atoms with Gasteiger partial charge in [-0.2, -0.15) is 0 Å². The van der Waals surface area contributed by atoms with Crippen molar-refractivity contribution in [3.05, 3.63) is 63.2 Å². The average molecular weight is 365 g/mol. The number of nitrogens with one attached hydrogen (secondary N) is 1. The Balaban J connectivity index is 1.86. The molecular formula is C15H10Cl2N4O3. The number of halogens is 2. The van der Waals surface area contributed by atoms with Crippen LogP contribution >= 0.6 is 23.2 Å². The van der Waals surface area contributed by atoms with Gasteiger partial charge in [0.05, 0.1) is 15.7 Å². The molecule has 0 saturated heterocycles. The molecule has 0 atom stereocenters. The number of rotatable bonds is 4. The van der Waals surface area contributed by atoms with Gasteiger partial charge < -0.3 is 5.32 Å². The van der Waals surface area contributed by atoms with E-state index in [1.54, 1.807) is 42.6 Å². The molecule has 3 aromatic rings. The Bertz CT molecular complexity index is 917. The van der Waals surface area contributed by atoms with Crippen molar-refractivity contribution in [2.45, 2.75) is 6.54 Å². The van der Waals surface area contributed by atoms with E-state index in [1.165, 1.54) is 0 Å². The first-order chi connectivity index (χ1) is 11.6. The summed E-state index contributed by atoms with van der Waals surface area (Å²) in [4.78, 5) is 28.1. The molecule has 9 heteroatoms. The molecule has 0 saturated carbocycles.